The highest BCUT2D eigenvalue weighted by molar-refractivity contribution is 9.10. The van der Waals surface area contributed by atoms with Crippen molar-refractivity contribution in [3.8, 4) is 6.07 Å². The number of carboxylic acids is 1. The predicted octanol–water partition coefficient (Wildman–Crippen LogP) is 1.26. The lowest BCUT2D eigenvalue weighted by atomic mass is 10.1. The third-order valence-electron chi connectivity index (χ3n) is 2.17. The predicted molar refractivity (Wildman–Crippen MR) is 66.6 cm³/mol. The van der Waals surface area contributed by atoms with Gasteiger partial charge in [0.15, 0.2) is 0 Å². The summed E-state index contributed by atoms with van der Waals surface area (Å²) in [6, 6.07) is 4.02. The molecule has 18 heavy (non-hydrogen) atoms. The molecule has 0 aliphatic heterocycles. The lowest BCUT2D eigenvalue weighted by Gasteiger charge is -2.10. The molecular weight excluding hydrogens is 324 g/mol. The van der Waals surface area contributed by atoms with Gasteiger partial charge >= 0.3 is 5.97 Å². The second-order valence-corrected chi connectivity index (χ2v) is 5.96. The molecule has 2 N–H and O–H groups in total. The van der Waals surface area contributed by atoms with Crippen molar-refractivity contribution >= 4 is 31.9 Å². The van der Waals surface area contributed by atoms with Crippen LogP contribution >= 0.6 is 15.9 Å². The van der Waals surface area contributed by atoms with Gasteiger partial charge in [-0.2, -0.15) is 9.98 Å². The molecule has 0 saturated heterocycles. The van der Waals surface area contributed by atoms with Crippen LogP contribution in [-0.4, -0.2) is 26.0 Å². The Morgan fingerprint density at radius 1 is 1.56 bits per heavy atom. The number of carboxylic acid groups (broad SMARTS) is 1. The average molecular weight is 333 g/mol. The van der Waals surface area contributed by atoms with Gasteiger partial charge in [0.2, 0.25) is 10.0 Å². The first-order valence-corrected chi connectivity index (χ1v) is 6.97. The summed E-state index contributed by atoms with van der Waals surface area (Å²) in [6.07, 6.45) is 0. The van der Waals surface area contributed by atoms with Crippen molar-refractivity contribution in [2.75, 3.05) is 6.54 Å². The largest absolute Gasteiger partial charge is 0.478 e. The van der Waals surface area contributed by atoms with E-state index >= 15 is 0 Å². The lowest BCUT2D eigenvalue weighted by Crippen LogP contribution is -2.25. The Morgan fingerprint density at radius 2 is 2.17 bits per heavy atom. The molecule has 0 bridgehead atoms. The molecule has 0 aliphatic rings. The topological polar surface area (TPSA) is 107 Å². The third kappa shape index (κ3) is 3.07. The molecule has 0 amide bonds. The van der Waals surface area contributed by atoms with Gasteiger partial charge in [-0.3, -0.25) is 0 Å². The van der Waals surface area contributed by atoms with Crippen molar-refractivity contribution < 1.29 is 18.3 Å². The number of halogens is 1. The van der Waals surface area contributed by atoms with Gasteiger partial charge in [0.1, 0.15) is 0 Å². The van der Waals surface area contributed by atoms with Crippen molar-refractivity contribution in [2.45, 2.75) is 11.8 Å². The maximum atomic E-state index is 11.9. The minimum atomic E-state index is -3.90. The number of aromatic carboxylic acids is 1. The van der Waals surface area contributed by atoms with Crippen molar-refractivity contribution in [1.82, 2.24) is 4.72 Å². The van der Waals surface area contributed by atoms with Crippen LogP contribution in [0.1, 0.15) is 15.9 Å². The smallest absolute Gasteiger partial charge is 0.335 e. The van der Waals surface area contributed by atoms with E-state index in [0.717, 1.165) is 6.07 Å². The Hall–Kier alpha value is -1.43. The van der Waals surface area contributed by atoms with Crippen LogP contribution in [0.3, 0.4) is 0 Å². The van der Waals surface area contributed by atoms with E-state index in [4.69, 9.17) is 10.4 Å². The molecule has 0 heterocycles. The molecule has 0 saturated carbocycles. The van der Waals surface area contributed by atoms with Crippen LogP contribution in [0.25, 0.3) is 0 Å². The first-order valence-electron chi connectivity index (χ1n) is 4.69. The van der Waals surface area contributed by atoms with Gasteiger partial charge in [0.25, 0.3) is 0 Å². The SMILES string of the molecule is Cc1c(Br)cc(C(=O)O)cc1S(=O)(=O)NCC#N. The Bertz CT molecular complexity index is 634. The molecule has 0 aliphatic carbocycles. The number of hydrogen-bond donors (Lipinski definition) is 2. The molecule has 0 aromatic heterocycles. The van der Waals surface area contributed by atoms with Crippen molar-refractivity contribution in [3.63, 3.8) is 0 Å². The van der Waals surface area contributed by atoms with Crippen LogP contribution in [0.4, 0.5) is 0 Å². The van der Waals surface area contributed by atoms with Gasteiger partial charge in [-0.1, -0.05) is 15.9 Å². The van der Waals surface area contributed by atoms with Crippen LogP contribution in [0.2, 0.25) is 0 Å². The fourth-order valence-electron chi connectivity index (χ4n) is 1.26. The second kappa shape index (κ2) is 5.48. The summed E-state index contributed by atoms with van der Waals surface area (Å²) < 4.78 is 26.2. The zero-order chi connectivity index (χ0) is 13.9. The number of carbonyl (C=O) groups is 1. The number of sulfonamides is 1. The van der Waals surface area contributed by atoms with Crippen molar-refractivity contribution in [2.24, 2.45) is 0 Å². The normalized spacial score (nSPS) is 10.9. The first-order chi connectivity index (χ1) is 8.29. The summed E-state index contributed by atoms with van der Waals surface area (Å²) in [6.45, 7) is 1.16. The zero-order valence-electron chi connectivity index (χ0n) is 9.27. The summed E-state index contributed by atoms with van der Waals surface area (Å²) in [4.78, 5) is 10.7. The van der Waals surface area contributed by atoms with Crippen molar-refractivity contribution in [3.05, 3.63) is 27.7 Å². The third-order valence-corrected chi connectivity index (χ3v) is 4.53. The summed E-state index contributed by atoms with van der Waals surface area (Å²) in [5.41, 5.74) is 0.232. The van der Waals surface area contributed by atoms with Gasteiger partial charge in [-0.15, -0.1) is 0 Å². The molecule has 0 atom stereocenters. The van der Waals surface area contributed by atoms with Gasteiger partial charge in [0, 0.05) is 4.47 Å². The minimum Gasteiger partial charge on any atom is -0.478 e. The highest BCUT2D eigenvalue weighted by Crippen LogP contribution is 2.25. The summed E-state index contributed by atoms with van der Waals surface area (Å²) in [5, 5.41) is 17.2. The quantitative estimate of drug-likeness (QED) is 0.807. The number of nitrogens with zero attached hydrogens (tertiary/aromatic N) is 1. The Morgan fingerprint density at radius 3 is 2.67 bits per heavy atom. The van der Waals surface area contributed by atoms with Gasteiger partial charge in [0.05, 0.1) is 23.1 Å². The van der Waals surface area contributed by atoms with E-state index in [-0.39, 0.29) is 17.0 Å². The second-order valence-electron chi connectivity index (χ2n) is 3.37. The van der Waals surface area contributed by atoms with E-state index in [1.807, 2.05) is 0 Å². The molecular formula is C10H9BrN2O4S. The van der Waals surface area contributed by atoms with Crippen LogP contribution in [0, 0.1) is 18.3 Å². The van der Waals surface area contributed by atoms with E-state index in [1.165, 1.54) is 13.0 Å². The summed E-state index contributed by atoms with van der Waals surface area (Å²) in [7, 11) is -3.90. The van der Waals surface area contributed by atoms with Crippen LogP contribution in [0.15, 0.2) is 21.5 Å². The summed E-state index contributed by atoms with van der Waals surface area (Å²) in [5.74, 6) is -1.23. The number of benzene rings is 1. The molecule has 1 rings (SSSR count). The molecule has 0 spiro atoms. The molecule has 1 aromatic rings. The Balaban J connectivity index is 3.41. The highest BCUT2D eigenvalue weighted by Gasteiger charge is 2.20. The molecule has 0 fully saturated rings. The van der Waals surface area contributed by atoms with Crippen LogP contribution < -0.4 is 4.72 Å². The van der Waals surface area contributed by atoms with Gasteiger partial charge < -0.3 is 5.11 Å². The van der Waals surface area contributed by atoms with Crippen LogP contribution in [0.5, 0.6) is 0 Å². The highest BCUT2D eigenvalue weighted by atomic mass is 79.9. The molecule has 8 heteroatoms. The maximum Gasteiger partial charge on any atom is 0.335 e. The molecule has 0 unspecified atom stereocenters. The van der Waals surface area contributed by atoms with E-state index in [0.29, 0.717) is 10.0 Å². The van der Waals surface area contributed by atoms with Gasteiger partial charge in [-0.25, -0.2) is 13.2 Å². The molecule has 0 radical (unpaired) electrons. The van der Waals surface area contributed by atoms with E-state index in [1.54, 1.807) is 6.07 Å². The number of nitrogens with one attached hydrogen (secondary N) is 1. The monoisotopic (exact) mass is 332 g/mol. The van der Waals surface area contributed by atoms with Crippen LogP contribution in [-0.2, 0) is 10.0 Å². The number of hydrogen-bond acceptors (Lipinski definition) is 4. The average Bonchev–Trinajstić information content (AvgIpc) is 2.29. The standard InChI is InChI=1S/C10H9BrN2O4S/c1-6-8(11)4-7(10(14)15)5-9(6)18(16,17)13-3-2-12/h4-5,13H,3H2,1H3,(H,14,15). The fraction of sp³-hybridized carbons (Fsp3) is 0.200. The molecule has 1 aromatic carbocycles. The fourth-order valence-corrected chi connectivity index (χ4v) is 3.06. The van der Waals surface area contributed by atoms with E-state index < -0.39 is 16.0 Å². The molecule has 6 nitrogen and oxygen atoms in total. The van der Waals surface area contributed by atoms with Gasteiger partial charge in [-0.05, 0) is 24.6 Å². The first kappa shape index (κ1) is 14.6. The lowest BCUT2D eigenvalue weighted by molar-refractivity contribution is 0.0696. The Labute approximate surface area is 112 Å². The number of rotatable bonds is 4. The molecule has 96 valence electrons. The van der Waals surface area contributed by atoms with Crippen molar-refractivity contribution in [1.29, 1.82) is 5.26 Å². The maximum absolute atomic E-state index is 11.9. The minimum absolute atomic E-state index is 0.148. The Kier molecular flexibility index (Phi) is 4.45. The zero-order valence-corrected chi connectivity index (χ0v) is 11.7. The summed E-state index contributed by atoms with van der Waals surface area (Å²) >= 11 is 3.11. The number of nitriles is 1. The van der Waals surface area contributed by atoms with E-state index in [2.05, 4.69) is 20.7 Å². The van der Waals surface area contributed by atoms with E-state index in [9.17, 15) is 13.2 Å².